The summed E-state index contributed by atoms with van der Waals surface area (Å²) in [5.74, 6) is 1.33. The second-order valence-corrected chi connectivity index (χ2v) is 8.01. The van der Waals surface area contributed by atoms with Gasteiger partial charge in [-0.3, -0.25) is 0 Å². The standard InChI is InChI=1S/C23H27N7O/c1-31-19-4-2-3-17(13-19)20-14-30(23-21(20)22(24)26-15-27-23)18-5-8-28(9-6-18)11-12-29-10-7-25-16-29/h2-4,7,10,13-16,18H,5-6,8-9,11-12H2,1H3,(H2,24,26,27). The Labute approximate surface area is 181 Å². The number of aromatic nitrogens is 5. The fourth-order valence-electron chi connectivity index (χ4n) is 4.49. The molecular formula is C23H27N7O. The normalized spacial score (nSPS) is 15.5. The van der Waals surface area contributed by atoms with Crippen LogP contribution in [0.2, 0.25) is 0 Å². The van der Waals surface area contributed by atoms with E-state index in [1.165, 1.54) is 0 Å². The van der Waals surface area contributed by atoms with Gasteiger partial charge in [0.2, 0.25) is 0 Å². The van der Waals surface area contributed by atoms with Crippen LogP contribution in [-0.4, -0.2) is 55.7 Å². The summed E-state index contributed by atoms with van der Waals surface area (Å²) in [6.45, 7) is 4.14. The average Bonchev–Trinajstić information content (AvgIpc) is 3.47. The molecule has 160 valence electrons. The van der Waals surface area contributed by atoms with E-state index in [9.17, 15) is 0 Å². The van der Waals surface area contributed by atoms with Gasteiger partial charge in [0.1, 0.15) is 23.5 Å². The molecule has 1 aliphatic rings. The van der Waals surface area contributed by atoms with Gasteiger partial charge in [0.05, 0.1) is 18.8 Å². The number of rotatable bonds is 6. The van der Waals surface area contributed by atoms with Gasteiger partial charge in [-0.1, -0.05) is 12.1 Å². The smallest absolute Gasteiger partial charge is 0.146 e. The molecule has 1 aromatic carbocycles. The first-order chi connectivity index (χ1) is 15.2. The van der Waals surface area contributed by atoms with Crippen LogP contribution in [0, 0.1) is 0 Å². The first-order valence-electron chi connectivity index (χ1n) is 10.7. The maximum Gasteiger partial charge on any atom is 0.146 e. The number of anilines is 1. The molecule has 0 bridgehead atoms. The molecule has 8 heteroatoms. The maximum atomic E-state index is 6.30. The van der Waals surface area contributed by atoms with Crippen LogP contribution in [0.25, 0.3) is 22.2 Å². The van der Waals surface area contributed by atoms with Crippen LogP contribution >= 0.6 is 0 Å². The highest BCUT2D eigenvalue weighted by molar-refractivity contribution is 6.00. The third-order valence-electron chi connectivity index (χ3n) is 6.20. The van der Waals surface area contributed by atoms with E-state index in [0.29, 0.717) is 11.9 Å². The molecule has 1 aliphatic heterocycles. The van der Waals surface area contributed by atoms with E-state index in [0.717, 1.165) is 66.9 Å². The van der Waals surface area contributed by atoms with Crippen LogP contribution in [-0.2, 0) is 6.54 Å². The lowest BCUT2D eigenvalue weighted by Crippen LogP contribution is -2.36. The van der Waals surface area contributed by atoms with E-state index in [2.05, 4.69) is 41.2 Å². The number of nitrogen functional groups attached to an aromatic ring is 1. The van der Waals surface area contributed by atoms with Gasteiger partial charge in [0.25, 0.3) is 0 Å². The Balaban J connectivity index is 1.40. The third-order valence-corrected chi connectivity index (χ3v) is 6.20. The van der Waals surface area contributed by atoms with Crippen molar-refractivity contribution in [1.29, 1.82) is 0 Å². The predicted octanol–water partition coefficient (Wildman–Crippen LogP) is 3.22. The van der Waals surface area contributed by atoms with Crippen molar-refractivity contribution < 1.29 is 4.74 Å². The maximum absolute atomic E-state index is 6.30. The quantitative estimate of drug-likeness (QED) is 0.518. The predicted molar refractivity (Wildman–Crippen MR) is 121 cm³/mol. The lowest BCUT2D eigenvalue weighted by atomic mass is 10.0. The summed E-state index contributed by atoms with van der Waals surface area (Å²) in [6, 6.07) is 8.44. The van der Waals surface area contributed by atoms with Gasteiger partial charge in [0, 0.05) is 56.4 Å². The highest BCUT2D eigenvalue weighted by Crippen LogP contribution is 2.37. The number of benzene rings is 1. The molecule has 4 aromatic rings. The summed E-state index contributed by atoms with van der Waals surface area (Å²) in [6.07, 6.45) is 11.6. The number of nitrogens with zero attached hydrogens (tertiary/aromatic N) is 6. The number of hydrogen-bond donors (Lipinski definition) is 1. The average molecular weight is 418 g/mol. The van der Waals surface area contributed by atoms with Crippen molar-refractivity contribution in [2.75, 3.05) is 32.5 Å². The van der Waals surface area contributed by atoms with Gasteiger partial charge >= 0.3 is 0 Å². The molecule has 5 rings (SSSR count). The van der Waals surface area contributed by atoms with Gasteiger partial charge in [-0.2, -0.15) is 0 Å². The summed E-state index contributed by atoms with van der Waals surface area (Å²) < 4.78 is 9.85. The Hall–Kier alpha value is -3.39. The van der Waals surface area contributed by atoms with Gasteiger partial charge in [-0.15, -0.1) is 0 Å². The van der Waals surface area contributed by atoms with Crippen LogP contribution in [0.1, 0.15) is 18.9 Å². The second kappa shape index (κ2) is 8.39. The molecule has 0 amide bonds. The molecule has 0 aliphatic carbocycles. The lowest BCUT2D eigenvalue weighted by molar-refractivity contribution is 0.183. The fourth-order valence-corrected chi connectivity index (χ4v) is 4.49. The zero-order valence-electron chi connectivity index (χ0n) is 17.7. The van der Waals surface area contributed by atoms with Crippen molar-refractivity contribution in [3.05, 3.63) is 55.5 Å². The van der Waals surface area contributed by atoms with E-state index in [1.54, 1.807) is 13.4 Å². The zero-order chi connectivity index (χ0) is 21.2. The lowest BCUT2D eigenvalue weighted by Gasteiger charge is -2.32. The van der Waals surface area contributed by atoms with E-state index < -0.39 is 0 Å². The van der Waals surface area contributed by atoms with E-state index in [4.69, 9.17) is 10.5 Å². The molecule has 1 saturated heterocycles. The van der Waals surface area contributed by atoms with E-state index in [-0.39, 0.29) is 0 Å². The van der Waals surface area contributed by atoms with Crippen LogP contribution in [0.5, 0.6) is 5.75 Å². The van der Waals surface area contributed by atoms with Crippen molar-refractivity contribution in [2.45, 2.75) is 25.4 Å². The number of fused-ring (bicyclic) bond motifs is 1. The molecule has 0 atom stereocenters. The Morgan fingerprint density at radius 1 is 1.16 bits per heavy atom. The number of methoxy groups -OCH3 is 1. The van der Waals surface area contributed by atoms with Crippen molar-refractivity contribution in [1.82, 2.24) is 29.0 Å². The van der Waals surface area contributed by atoms with Crippen molar-refractivity contribution in [2.24, 2.45) is 0 Å². The Morgan fingerprint density at radius 3 is 2.81 bits per heavy atom. The Bertz CT molecular complexity index is 1160. The number of likely N-dealkylation sites (tertiary alicyclic amines) is 1. The highest BCUT2D eigenvalue weighted by Gasteiger charge is 2.24. The molecule has 1 fully saturated rings. The highest BCUT2D eigenvalue weighted by atomic mass is 16.5. The first-order valence-corrected chi connectivity index (χ1v) is 10.7. The number of nitrogens with two attached hydrogens (primary N) is 1. The number of ether oxygens (including phenoxy) is 1. The van der Waals surface area contributed by atoms with Crippen LogP contribution in [0.15, 0.2) is 55.5 Å². The van der Waals surface area contributed by atoms with E-state index >= 15 is 0 Å². The second-order valence-electron chi connectivity index (χ2n) is 8.01. The summed E-state index contributed by atoms with van der Waals surface area (Å²) in [5, 5.41) is 0.915. The minimum absolute atomic E-state index is 0.389. The fraction of sp³-hybridized carbons (Fsp3) is 0.348. The van der Waals surface area contributed by atoms with Gasteiger partial charge in [-0.05, 0) is 30.5 Å². The van der Waals surface area contributed by atoms with Crippen molar-refractivity contribution >= 4 is 16.9 Å². The molecular weight excluding hydrogens is 390 g/mol. The molecule has 4 heterocycles. The molecule has 0 spiro atoms. The van der Waals surface area contributed by atoms with Crippen molar-refractivity contribution in [3.63, 3.8) is 0 Å². The number of imidazole rings is 1. The summed E-state index contributed by atoms with van der Waals surface area (Å²) >= 11 is 0. The topological polar surface area (TPSA) is 87.0 Å². The molecule has 0 unspecified atom stereocenters. The summed E-state index contributed by atoms with van der Waals surface area (Å²) in [4.78, 5) is 15.5. The van der Waals surface area contributed by atoms with Crippen LogP contribution in [0.4, 0.5) is 5.82 Å². The van der Waals surface area contributed by atoms with Crippen LogP contribution in [0.3, 0.4) is 0 Å². The minimum atomic E-state index is 0.389. The summed E-state index contributed by atoms with van der Waals surface area (Å²) in [5.41, 5.74) is 9.32. The molecule has 2 N–H and O–H groups in total. The van der Waals surface area contributed by atoms with Crippen LogP contribution < -0.4 is 10.5 Å². The summed E-state index contributed by atoms with van der Waals surface area (Å²) in [7, 11) is 1.68. The first kappa shape index (κ1) is 19.6. The van der Waals surface area contributed by atoms with Gasteiger partial charge < -0.3 is 24.5 Å². The van der Waals surface area contributed by atoms with Gasteiger partial charge in [0.15, 0.2) is 0 Å². The number of piperidine rings is 1. The molecule has 8 nitrogen and oxygen atoms in total. The Morgan fingerprint density at radius 2 is 2.03 bits per heavy atom. The monoisotopic (exact) mass is 417 g/mol. The van der Waals surface area contributed by atoms with E-state index in [1.807, 2.05) is 36.9 Å². The molecule has 31 heavy (non-hydrogen) atoms. The minimum Gasteiger partial charge on any atom is -0.497 e. The number of hydrogen-bond acceptors (Lipinski definition) is 6. The van der Waals surface area contributed by atoms with Gasteiger partial charge in [-0.25, -0.2) is 15.0 Å². The van der Waals surface area contributed by atoms with Crippen molar-refractivity contribution in [3.8, 4) is 16.9 Å². The molecule has 0 saturated carbocycles. The SMILES string of the molecule is COc1cccc(-c2cn(C3CCN(CCn4ccnc4)CC3)c3ncnc(N)c23)c1. The third kappa shape index (κ3) is 3.86. The zero-order valence-corrected chi connectivity index (χ0v) is 17.7. The Kier molecular flexibility index (Phi) is 5.30. The molecule has 0 radical (unpaired) electrons. The molecule has 3 aromatic heterocycles. The largest absolute Gasteiger partial charge is 0.497 e.